The van der Waals surface area contributed by atoms with Crippen LogP contribution in [0.3, 0.4) is 0 Å². The van der Waals surface area contributed by atoms with Crippen LogP contribution in [0.5, 0.6) is 11.8 Å². The van der Waals surface area contributed by atoms with Gasteiger partial charge in [-0.25, -0.2) is 0 Å². The third-order valence-corrected chi connectivity index (χ3v) is 2.36. The van der Waals surface area contributed by atoms with Crippen molar-refractivity contribution in [1.29, 1.82) is 0 Å². The van der Waals surface area contributed by atoms with Gasteiger partial charge in [0.05, 0.1) is 7.11 Å². The van der Waals surface area contributed by atoms with Gasteiger partial charge in [-0.05, 0) is 24.3 Å². The third-order valence-electron chi connectivity index (χ3n) is 2.36. The lowest BCUT2D eigenvalue weighted by molar-refractivity contribution is -0.0498. The van der Waals surface area contributed by atoms with Gasteiger partial charge in [-0.1, -0.05) is 0 Å². The van der Waals surface area contributed by atoms with Crippen molar-refractivity contribution in [3.05, 3.63) is 24.3 Å². The molecule has 0 amide bonds. The van der Waals surface area contributed by atoms with Crippen LogP contribution in [-0.2, 0) is 0 Å². The minimum Gasteiger partial charge on any atom is -0.467 e. The fourth-order valence-electron chi connectivity index (χ4n) is 1.46. The monoisotopic (exact) mass is 297 g/mol. The summed E-state index contributed by atoms with van der Waals surface area (Å²) in [6.45, 7) is -2.85. The number of ether oxygens (including phenoxy) is 2. The predicted molar refractivity (Wildman–Crippen MR) is 72.3 cm³/mol. The number of nitrogens with zero attached hydrogens (tertiary/aromatic N) is 3. The Hall–Kier alpha value is -2.71. The van der Waals surface area contributed by atoms with Crippen LogP contribution in [0.2, 0.25) is 0 Å². The Balaban J connectivity index is 2.14. The number of benzene rings is 1. The van der Waals surface area contributed by atoms with Crippen LogP contribution in [0, 0.1) is 0 Å². The maximum Gasteiger partial charge on any atom is 0.387 e. The van der Waals surface area contributed by atoms with Crippen molar-refractivity contribution in [2.24, 2.45) is 0 Å². The summed E-state index contributed by atoms with van der Waals surface area (Å²) in [4.78, 5) is 12.1. The Morgan fingerprint density at radius 1 is 1.05 bits per heavy atom. The second-order valence-electron chi connectivity index (χ2n) is 3.75. The van der Waals surface area contributed by atoms with E-state index in [-0.39, 0.29) is 17.7 Å². The zero-order valence-corrected chi connectivity index (χ0v) is 11.3. The van der Waals surface area contributed by atoms with Crippen molar-refractivity contribution in [3.63, 3.8) is 0 Å². The lowest BCUT2D eigenvalue weighted by atomic mass is 10.3. The quantitative estimate of drug-likeness (QED) is 0.846. The van der Waals surface area contributed by atoms with Crippen molar-refractivity contribution in [2.75, 3.05) is 24.8 Å². The molecule has 0 unspecified atom stereocenters. The number of alkyl halides is 2. The number of hydrogen-bond donors (Lipinski definition) is 2. The summed E-state index contributed by atoms with van der Waals surface area (Å²) >= 11 is 0. The van der Waals surface area contributed by atoms with Gasteiger partial charge in [0.25, 0.3) is 0 Å². The van der Waals surface area contributed by atoms with E-state index in [1.807, 2.05) is 0 Å². The first-order chi connectivity index (χ1) is 10.1. The summed E-state index contributed by atoms with van der Waals surface area (Å²) in [7, 11) is 3.10. The van der Waals surface area contributed by atoms with E-state index in [4.69, 9.17) is 4.74 Å². The molecule has 7 nitrogen and oxygen atoms in total. The predicted octanol–water partition coefficient (Wildman–Crippen LogP) is 2.27. The molecular weight excluding hydrogens is 284 g/mol. The van der Waals surface area contributed by atoms with Gasteiger partial charge in [0.15, 0.2) is 0 Å². The Kier molecular flexibility index (Phi) is 4.64. The summed E-state index contributed by atoms with van der Waals surface area (Å²) < 4.78 is 33.3. The molecule has 0 fully saturated rings. The van der Waals surface area contributed by atoms with Crippen molar-refractivity contribution >= 4 is 17.6 Å². The first-order valence-electron chi connectivity index (χ1n) is 5.90. The van der Waals surface area contributed by atoms with Crippen LogP contribution in [0.1, 0.15) is 0 Å². The van der Waals surface area contributed by atoms with Crippen LogP contribution >= 0.6 is 0 Å². The molecule has 0 spiro atoms. The van der Waals surface area contributed by atoms with Gasteiger partial charge in [0.2, 0.25) is 11.9 Å². The SMILES string of the molecule is CNc1nc(Nc2ccc(OC(F)F)cc2)nc(OC)n1. The summed E-state index contributed by atoms with van der Waals surface area (Å²) in [6, 6.07) is 6.09. The summed E-state index contributed by atoms with van der Waals surface area (Å²) in [5, 5.41) is 5.68. The molecule has 0 saturated heterocycles. The Bertz CT molecular complexity index is 572. The van der Waals surface area contributed by atoms with Gasteiger partial charge in [0.1, 0.15) is 5.75 Å². The molecule has 0 saturated carbocycles. The zero-order chi connectivity index (χ0) is 15.2. The number of methoxy groups -OCH3 is 1. The van der Waals surface area contributed by atoms with Gasteiger partial charge in [-0.15, -0.1) is 0 Å². The smallest absolute Gasteiger partial charge is 0.387 e. The second kappa shape index (κ2) is 6.64. The lowest BCUT2D eigenvalue weighted by Gasteiger charge is -2.09. The number of aromatic nitrogens is 3. The molecule has 9 heteroatoms. The highest BCUT2D eigenvalue weighted by molar-refractivity contribution is 5.55. The van der Waals surface area contributed by atoms with E-state index in [2.05, 4.69) is 30.3 Å². The van der Waals surface area contributed by atoms with E-state index in [9.17, 15) is 8.78 Å². The van der Waals surface area contributed by atoms with Crippen molar-refractivity contribution in [3.8, 4) is 11.8 Å². The van der Waals surface area contributed by atoms with Crippen molar-refractivity contribution < 1.29 is 18.3 Å². The van der Waals surface area contributed by atoms with Gasteiger partial charge in [0, 0.05) is 12.7 Å². The fraction of sp³-hybridized carbons (Fsp3) is 0.250. The lowest BCUT2D eigenvalue weighted by Crippen LogP contribution is -2.05. The minimum absolute atomic E-state index is 0.0692. The normalized spacial score (nSPS) is 10.3. The first kappa shape index (κ1) is 14.7. The molecule has 0 aliphatic heterocycles. The number of halogens is 2. The van der Waals surface area contributed by atoms with Gasteiger partial charge in [-0.2, -0.15) is 23.7 Å². The van der Waals surface area contributed by atoms with Gasteiger partial charge in [-0.3, -0.25) is 0 Å². The molecule has 2 N–H and O–H groups in total. The van der Waals surface area contributed by atoms with Crippen LogP contribution in [0.15, 0.2) is 24.3 Å². The van der Waals surface area contributed by atoms with E-state index in [0.29, 0.717) is 11.6 Å². The number of nitrogens with one attached hydrogen (secondary N) is 2. The van der Waals surface area contributed by atoms with Crippen molar-refractivity contribution in [1.82, 2.24) is 15.0 Å². The molecule has 2 rings (SSSR count). The largest absolute Gasteiger partial charge is 0.467 e. The maximum atomic E-state index is 12.0. The zero-order valence-electron chi connectivity index (χ0n) is 11.3. The van der Waals surface area contributed by atoms with E-state index < -0.39 is 6.61 Å². The molecule has 1 aromatic carbocycles. The molecule has 0 aliphatic rings. The van der Waals surface area contributed by atoms with E-state index in [1.165, 1.54) is 19.2 Å². The molecule has 0 aliphatic carbocycles. The summed E-state index contributed by atoms with van der Waals surface area (Å²) in [6.07, 6.45) is 0. The van der Waals surface area contributed by atoms with Crippen LogP contribution < -0.4 is 20.1 Å². The van der Waals surface area contributed by atoms with Crippen LogP contribution in [0.4, 0.5) is 26.4 Å². The third kappa shape index (κ3) is 4.13. The Morgan fingerprint density at radius 2 is 1.71 bits per heavy atom. The maximum absolute atomic E-state index is 12.0. The average Bonchev–Trinajstić information content (AvgIpc) is 2.48. The highest BCUT2D eigenvalue weighted by atomic mass is 19.3. The number of anilines is 3. The van der Waals surface area contributed by atoms with Gasteiger partial charge >= 0.3 is 12.6 Å². The molecule has 0 radical (unpaired) electrons. The Morgan fingerprint density at radius 3 is 2.29 bits per heavy atom. The van der Waals surface area contributed by atoms with Gasteiger partial charge < -0.3 is 20.1 Å². The minimum atomic E-state index is -2.85. The first-order valence-corrected chi connectivity index (χ1v) is 5.90. The molecule has 21 heavy (non-hydrogen) atoms. The standard InChI is InChI=1S/C12H13F2N5O2/c1-15-10-17-11(19-12(18-10)20-2)16-7-3-5-8(6-4-7)21-9(13)14/h3-6,9H,1-2H3,(H2,15,16,17,18,19). The topological polar surface area (TPSA) is 81.2 Å². The molecule has 1 heterocycles. The Labute approximate surface area is 119 Å². The molecule has 2 aromatic rings. The average molecular weight is 297 g/mol. The van der Waals surface area contributed by atoms with Crippen LogP contribution in [-0.4, -0.2) is 35.7 Å². The van der Waals surface area contributed by atoms with Crippen LogP contribution in [0.25, 0.3) is 0 Å². The van der Waals surface area contributed by atoms with E-state index in [0.717, 1.165) is 0 Å². The fourth-order valence-corrected chi connectivity index (χ4v) is 1.46. The second-order valence-corrected chi connectivity index (χ2v) is 3.75. The molecule has 0 bridgehead atoms. The summed E-state index contributed by atoms with van der Waals surface area (Å²) in [5.74, 6) is 0.662. The molecule has 1 aromatic heterocycles. The van der Waals surface area contributed by atoms with E-state index >= 15 is 0 Å². The summed E-state index contributed by atoms with van der Waals surface area (Å²) in [5.41, 5.74) is 0.604. The molecule has 0 atom stereocenters. The molecule has 112 valence electrons. The highest BCUT2D eigenvalue weighted by Crippen LogP contribution is 2.20. The number of hydrogen-bond acceptors (Lipinski definition) is 7. The van der Waals surface area contributed by atoms with E-state index in [1.54, 1.807) is 19.2 Å². The highest BCUT2D eigenvalue weighted by Gasteiger charge is 2.07. The molecular formula is C12H13F2N5O2. The number of rotatable bonds is 6. The van der Waals surface area contributed by atoms with Crippen molar-refractivity contribution in [2.45, 2.75) is 6.61 Å².